The molecule has 1 aliphatic rings. The van der Waals surface area contributed by atoms with Crippen LogP contribution in [-0.4, -0.2) is 5.91 Å². The van der Waals surface area contributed by atoms with Gasteiger partial charge in [0.25, 0.3) is 0 Å². The zero-order valence-corrected chi connectivity index (χ0v) is 11.8. The van der Waals surface area contributed by atoms with Crippen LogP contribution in [-0.2, 0) is 4.79 Å². The van der Waals surface area contributed by atoms with Crippen molar-refractivity contribution in [3.8, 4) is 6.07 Å². The standard InChI is InChI=1S/C14H14Cl2N2O/c15-12-6-5-10(7-13(12)16)18-14(19)11-4-2-1-3-9(11)8-17/h5-7,9,11H,1-4H2,(H,18,19). The van der Waals surface area contributed by atoms with Gasteiger partial charge in [-0.05, 0) is 31.0 Å². The third-order valence-corrected chi connectivity index (χ3v) is 4.19. The number of carbonyl (C=O) groups excluding carboxylic acids is 1. The van der Waals surface area contributed by atoms with Crippen LogP contribution < -0.4 is 5.32 Å². The van der Waals surface area contributed by atoms with Crippen molar-refractivity contribution < 1.29 is 4.79 Å². The molecule has 1 aromatic carbocycles. The van der Waals surface area contributed by atoms with E-state index in [0.717, 1.165) is 25.7 Å². The van der Waals surface area contributed by atoms with E-state index in [0.29, 0.717) is 15.7 Å². The normalized spacial score (nSPS) is 22.6. The number of rotatable bonds is 2. The molecule has 1 aromatic rings. The first-order valence-electron chi connectivity index (χ1n) is 6.27. The first kappa shape index (κ1) is 14.2. The van der Waals surface area contributed by atoms with E-state index in [-0.39, 0.29) is 17.7 Å². The summed E-state index contributed by atoms with van der Waals surface area (Å²) in [5, 5.41) is 12.8. The van der Waals surface area contributed by atoms with E-state index < -0.39 is 0 Å². The maximum absolute atomic E-state index is 12.2. The number of carbonyl (C=O) groups is 1. The molecule has 2 rings (SSSR count). The fourth-order valence-corrected chi connectivity index (χ4v) is 2.71. The average molecular weight is 297 g/mol. The van der Waals surface area contributed by atoms with Gasteiger partial charge in [-0.25, -0.2) is 0 Å². The van der Waals surface area contributed by atoms with Crippen molar-refractivity contribution in [2.75, 3.05) is 5.32 Å². The molecule has 1 fully saturated rings. The summed E-state index contributed by atoms with van der Waals surface area (Å²) in [5.74, 6) is -0.519. The van der Waals surface area contributed by atoms with Crippen LogP contribution in [0.25, 0.3) is 0 Å². The van der Waals surface area contributed by atoms with Gasteiger partial charge in [-0.2, -0.15) is 5.26 Å². The Morgan fingerprint density at radius 2 is 2.00 bits per heavy atom. The topological polar surface area (TPSA) is 52.9 Å². The van der Waals surface area contributed by atoms with Gasteiger partial charge in [0.05, 0.1) is 28.0 Å². The van der Waals surface area contributed by atoms with E-state index >= 15 is 0 Å². The van der Waals surface area contributed by atoms with Gasteiger partial charge in [0, 0.05) is 5.69 Å². The number of hydrogen-bond donors (Lipinski definition) is 1. The minimum atomic E-state index is -0.229. The monoisotopic (exact) mass is 296 g/mol. The molecule has 19 heavy (non-hydrogen) atoms. The molecule has 5 heteroatoms. The van der Waals surface area contributed by atoms with Crippen LogP contribution in [0.5, 0.6) is 0 Å². The van der Waals surface area contributed by atoms with Crippen LogP contribution in [0.1, 0.15) is 25.7 Å². The lowest BCUT2D eigenvalue weighted by molar-refractivity contribution is -0.121. The third kappa shape index (κ3) is 3.40. The van der Waals surface area contributed by atoms with E-state index in [9.17, 15) is 4.79 Å². The highest BCUT2D eigenvalue weighted by Crippen LogP contribution is 2.31. The minimum absolute atomic E-state index is 0.107. The van der Waals surface area contributed by atoms with Crippen molar-refractivity contribution in [1.82, 2.24) is 0 Å². The van der Waals surface area contributed by atoms with Gasteiger partial charge in [-0.1, -0.05) is 36.0 Å². The predicted molar refractivity (Wildman–Crippen MR) is 76.2 cm³/mol. The molecule has 2 atom stereocenters. The Morgan fingerprint density at radius 3 is 2.68 bits per heavy atom. The first-order chi connectivity index (χ1) is 9.11. The van der Waals surface area contributed by atoms with E-state index in [1.165, 1.54) is 0 Å². The number of anilines is 1. The highest BCUT2D eigenvalue weighted by atomic mass is 35.5. The third-order valence-electron chi connectivity index (χ3n) is 3.46. The molecule has 0 saturated heterocycles. The molecule has 1 saturated carbocycles. The Hall–Kier alpha value is -1.24. The van der Waals surface area contributed by atoms with E-state index in [1.54, 1.807) is 18.2 Å². The molecule has 0 aliphatic heterocycles. The van der Waals surface area contributed by atoms with Gasteiger partial charge in [-0.15, -0.1) is 0 Å². The van der Waals surface area contributed by atoms with E-state index in [2.05, 4.69) is 11.4 Å². The van der Waals surface area contributed by atoms with Crippen LogP contribution in [0, 0.1) is 23.2 Å². The van der Waals surface area contributed by atoms with E-state index in [1.807, 2.05) is 0 Å². The van der Waals surface area contributed by atoms with E-state index in [4.69, 9.17) is 28.5 Å². The van der Waals surface area contributed by atoms with Crippen molar-refractivity contribution >= 4 is 34.8 Å². The van der Waals surface area contributed by atoms with Gasteiger partial charge < -0.3 is 5.32 Å². The molecule has 0 aromatic heterocycles. The molecule has 1 N–H and O–H groups in total. The average Bonchev–Trinajstić information content (AvgIpc) is 2.43. The van der Waals surface area contributed by atoms with Gasteiger partial charge in [0.2, 0.25) is 5.91 Å². The number of nitriles is 1. The highest BCUT2D eigenvalue weighted by Gasteiger charge is 2.30. The summed E-state index contributed by atoms with van der Waals surface area (Å²) in [6.45, 7) is 0. The molecule has 0 bridgehead atoms. The summed E-state index contributed by atoms with van der Waals surface area (Å²) in [6, 6.07) is 7.20. The summed E-state index contributed by atoms with van der Waals surface area (Å²) in [7, 11) is 0. The molecule has 0 radical (unpaired) electrons. The zero-order valence-electron chi connectivity index (χ0n) is 10.3. The number of benzene rings is 1. The zero-order chi connectivity index (χ0) is 13.8. The molecule has 0 heterocycles. The molecule has 3 nitrogen and oxygen atoms in total. The second kappa shape index (κ2) is 6.27. The van der Waals surface area contributed by atoms with Crippen LogP contribution in [0.4, 0.5) is 5.69 Å². The Balaban J connectivity index is 2.07. The lowest BCUT2D eigenvalue weighted by Crippen LogP contribution is -2.31. The summed E-state index contributed by atoms with van der Waals surface area (Å²) in [6.07, 6.45) is 3.59. The van der Waals surface area contributed by atoms with Crippen molar-refractivity contribution in [2.45, 2.75) is 25.7 Å². The van der Waals surface area contributed by atoms with Gasteiger partial charge in [-0.3, -0.25) is 4.79 Å². The number of amides is 1. The Bertz CT molecular complexity index is 525. The number of nitrogens with one attached hydrogen (secondary N) is 1. The number of nitrogens with zero attached hydrogens (tertiary/aromatic N) is 1. The van der Waals surface area contributed by atoms with Gasteiger partial charge in [0.1, 0.15) is 0 Å². The minimum Gasteiger partial charge on any atom is -0.326 e. The fraction of sp³-hybridized carbons (Fsp3) is 0.429. The summed E-state index contributed by atoms with van der Waals surface area (Å²) < 4.78 is 0. The molecule has 2 unspecified atom stereocenters. The van der Waals surface area contributed by atoms with Crippen LogP contribution in [0.3, 0.4) is 0 Å². The van der Waals surface area contributed by atoms with Crippen LogP contribution in [0.2, 0.25) is 10.0 Å². The fourth-order valence-electron chi connectivity index (χ4n) is 2.41. The SMILES string of the molecule is N#CC1CCCCC1C(=O)Nc1ccc(Cl)c(Cl)c1. The second-order valence-corrected chi connectivity index (χ2v) is 5.56. The first-order valence-corrected chi connectivity index (χ1v) is 7.03. The second-order valence-electron chi connectivity index (χ2n) is 4.74. The van der Waals surface area contributed by atoms with Crippen molar-refractivity contribution in [3.63, 3.8) is 0 Å². The smallest absolute Gasteiger partial charge is 0.228 e. The lowest BCUT2D eigenvalue weighted by atomic mass is 9.79. The van der Waals surface area contributed by atoms with Crippen LogP contribution >= 0.6 is 23.2 Å². The molecular formula is C14H14Cl2N2O. The molecule has 1 amide bonds. The molecule has 0 spiro atoms. The molecular weight excluding hydrogens is 283 g/mol. The predicted octanol–water partition coefficient (Wildman–Crippen LogP) is 4.26. The largest absolute Gasteiger partial charge is 0.326 e. The molecule has 1 aliphatic carbocycles. The van der Waals surface area contributed by atoms with Crippen molar-refractivity contribution in [3.05, 3.63) is 28.2 Å². The molecule has 100 valence electrons. The quantitative estimate of drug-likeness (QED) is 0.886. The van der Waals surface area contributed by atoms with Crippen molar-refractivity contribution in [2.24, 2.45) is 11.8 Å². The maximum atomic E-state index is 12.2. The Kier molecular flexibility index (Phi) is 4.68. The number of halogens is 2. The van der Waals surface area contributed by atoms with Gasteiger partial charge in [0.15, 0.2) is 0 Å². The van der Waals surface area contributed by atoms with Crippen molar-refractivity contribution in [1.29, 1.82) is 5.26 Å². The highest BCUT2D eigenvalue weighted by molar-refractivity contribution is 6.42. The van der Waals surface area contributed by atoms with Gasteiger partial charge >= 0.3 is 0 Å². The van der Waals surface area contributed by atoms with Crippen LogP contribution in [0.15, 0.2) is 18.2 Å². The maximum Gasteiger partial charge on any atom is 0.228 e. The summed E-state index contributed by atoms with van der Waals surface area (Å²) >= 11 is 11.7. The summed E-state index contributed by atoms with van der Waals surface area (Å²) in [4.78, 5) is 12.2. The summed E-state index contributed by atoms with van der Waals surface area (Å²) in [5.41, 5.74) is 0.613. The Morgan fingerprint density at radius 1 is 1.26 bits per heavy atom. The Labute approximate surface area is 122 Å². The number of hydrogen-bond acceptors (Lipinski definition) is 2. The lowest BCUT2D eigenvalue weighted by Gasteiger charge is -2.25.